The van der Waals surface area contributed by atoms with Crippen molar-refractivity contribution in [1.29, 1.82) is 0 Å². The normalized spacial score (nSPS) is 16.4. The zero-order valence-corrected chi connectivity index (χ0v) is 13.1. The van der Waals surface area contributed by atoms with Gasteiger partial charge in [0.15, 0.2) is 0 Å². The molecule has 114 valence electrons. The number of rotatable bonds is 4. The van der Waals surface area contributed by atoms with Crippen LogP contribution in [0.4, 0.5) is 0 Å². The van der Waals surface area contributed by atoms with Crippen LogP contribution in [0.15, 0.2) is 48.5 Å². The molecule has 3 rings (SSSR count). The number of amides is 1. The highest BCUT2D eigenvalue weighted by molar-refractivity contribution is 5.94. The van der Waals surface area contributed by atoms with E-state index in [0.29, 0.717) is 6.61 Å². The highest BCUT2D eigenvalue weighted by Crippen LogP contribution is 2.35. The molecule has 0 bridgehead atoms. The van der Waals surface area contributed by atoms with Gasteiger partial charge in [-0.15, -0.1) is 0 Å². The van der Waals surface area contributed by atoms with Crippen LogP contribution in [0, 0.1) is 0 Å². The lowest BCUT2D eigenvalue weighted by atomic mass is 10.1. The van der Waals surface area contributed by atoms with E-state index in [1.54, 1.807) is 7.11 Å². The summed E-state index contributed by atoms with van der Waals surface area (Å²) in [5, 5.41) is 0. The van der Waals surface area contributed by atoms with Crippen LogP contribution in [-0.2, 0) is 17.8 Å². The van der Waals surface area contributed by atoms with Gasteiger partial charge < -0.3 is 9.64 Å². The maximum atomic E-state index is 12.7. The minimum atomic E-state index is 0.0747. The first kappa shape index (κ1) is 14.8. The summed E-state index contributed by atoms with van der Waals surface area (Å²) in [5.41, 5.74) is 4.46. The maximum Gasteiger partial charge on any atom is 0.254 e. The van der Waals surface area contributed by atoms with Gasteiger partial charge >= 0.3 is 0 Å². The summed E-state index contributed by atoms with van der Waals surface area (Å²) in [6.45, 7) is 0.570. The first-order valence-electron chi connectivity index (χ1n) is 7.63. The van der Waals surface area contributed by atoms with Crippen molar-refractivity contribution in [3.05, 3.63) is 70.8 Å². The van der Waals surface area contributed by atoms with E-state index < -0.39 is 0 Å². The first-order chi connectivity index (χ1) is 10.7. The Morgan fingerprint density at radius 3 is 2.64 bits per heavy atom. The Morgan fingerprint density at radius 1 is 1.18 bits per heavy atom. The third-order valence-corrected chi connectivity index (χ3v) is 4.40. The maximum absolute atomic E-state index is 12.7. The SMILES string of the molecule is COCc1ccc(C(=O)N(C)[C@H]2CCc3ccccc32)cc1. The Morgan fingerprint density at radius 2 is 1.91 bits per heavy atom. The van der Waals surface area contributed by atoms with Crippen molar-refractivity contribution in [2.75, 3.05) is 14.2 Å². The molecule has 1 atom stereocenters. The molecule has 0 fully saturated rings. The van der Waals surface area contributed by atoms with E-state index in [-0.39, 0.29) is 11.9 Å². The number of nitrogens with zero attached hydrogens (tertiary/aromatic N) is 1. The predicted octanol–water partition coefficient (Wildman–Crippen LogP) is 3.59. The van der Waals surface area contributed by atoms with Crippen molar-refractivity contribution in [3.63, 3.8) is 0 Å². The van der Waals surface area contributed by atoms with Crippen molar-refractivity contribution < 1.29 is 9.53 Å². The van der Waals surface area contributed by atoms with Gasteiger partial charge in [-0.3, -0.25) is 4.79 Å². The Kier molecular flexibility index (Phi) is 4.25. The quantitative estimate of drug-likeness (QED) is 0.862. The lowest BCUT2D eigenvalue weighted by Gasteiger charge is -2.25. The minimum Gasteiger partial charge on any atom is -0.380 e. The number of methoxy groups -OCH3 is 1. The molecule has 1 aliphatic carbocycles. The van der Waals surface area contributed by atoms with Gasteiger partial charge in [-0.05, 0) is 41.7 Å². The molecule has 1 amide bonds. The molecule has 2 aromatic carbocycles. The van der Waals surface area contributed by atoms with E-state index in [0.717, 1.165) is 24.0 Å². The molecule has 2 aromatic rings. The van der Waals surface area contributed by atoms with Crippen LogP contribution in [0.5, 0.6) is 0 Å². The molecule has 0 spiro atoms. The predicted molar refractivity (Wildman–Crippen MR) is 86.8 cm³/mol. The van der Waals surface area contributed by atoms with Gasteiger partial charge in [-0.1, -0.05) is 36.4 Å². The van der Waals surface area contributed by atoms with E-state index in [1.807, 2.05) is 36.2 Å². The van der Waals surface area contributed by atoms with Crippen LogP contribution in [0.25, 0.3) is 0 Å². The fourth-order valence-electron chi connectivity index (χ4n) is 3.19. The smallest absolute Gasteiger partial charge is 0.254 e. The van der Waals surface area contributed by atoms with Crippen molar-refractivity contribution in [2.24, 2.45) is 0 Å². The zero-order chi connectivity index (χ0) is 15.5. The molecule has 0 radical (unpaired) electrons. The van der Waals surface area contributed by atoms with Crippen molar-refractivity contribution in [1.82, 2.24) is 4.90 Å². The fourth-order valence-corrected chi connectivity index (χ4v) is 3.19. The number of fused-ring (bicyclic) bond motifs is 1. The molecule has 0 saturated heterocycles. The Labute approximate surface area is 131 Å². The molecule has 22 heavy (non-hydrogen) atoms. The van der Waals surface area contributed by atoms with Gasteiger partial charge in [-0.25, -0.2) is 0 Å². The fraction of sp³-hybridized carbons (Fsp3) is 0.316. The largest absolute Gasteiger partial charge is 0.380 e. The molecule has 3 nitrogen and oxygen atoms in total. The lowest BCUT2D eigenvalue weighted by molar-refractivity contribution is 0.0730. The number of carbonyl (C=O) groups excluding carboxylic acids is 1. The second kappa shape index (κ2) is 6.32. The van der Waals surface area contributed by atoms with Crippen LogP contribution in [-0.4, -0.2) is 25.0 Å². The third kappa shape index (κ3) is 2.77. The molecule has 1 aliphatic rings. The molecule has 0 heterocycles. The van der Waals surface area contributed by atoms with Crippen molar-refractivity contribution in [2.45, 2.75) is 25.5 Å². The third-order valence-electron chi connectivity index (χ3n) is 4.40. The van der Waals surface area contributed by atoms with E-state index in [2.05, 4.69) is 24.3 Å². The van der Waals surface area contributed by atoms with Crippen LogP contribution in [0.3, 0.4) is 0 Å². The average molecular weight is 295 g/mol. The molecular formula is C19H21NO2. The first-order valence-corrected chi connectivity index (χ1v) is 7.63. The summed E-state index contributed by atoms with van der Waals surface area (Å²) >= 11 is 0. The van der Waals surface area contributed by atoms with Gasteiger partial charge in [0.05, 0.1) is 12.6 Å². The van der Waals surface area contributed by atoms with Gasteiger partial charge in [0.1, 0.15) is 0 Å². The van der Waals surface area contributed by atoms with Crippen molar-refractivity contribution in [3.8, 4) is 0 Å². The Balaban J connectivity index is 1.78. The number of aryl methyl sites for hydroxylation is 1. The van der Waals surface area contributed by atoms with Crippen LogP contribution in [0.1, 0.15) is 39.5 Å². The molecule has 0 N–H and O–H groups in total. The molecular weight excluding hydrogens is 274 g/mol. The molecule has 3 heteroatoms. The number of benzene rings is 2. The number of hydrogen-bond acceptors (Lipinski definition) is 2. The molecule has 0 unspecified atom stereocenters. The summed E-state index contributed by atoms with van der Waals surface area (Å²) in [6.07, 6.45) is 2.05. The number of carbonyl (C=O) groups is 1. The van der Waals surface area contributed by atoms with Gasteiger partial charge in [0.2, 0.25) is 0 Å². The number of ether oxygens (including phenoxy) is 1. The molecule has 0 saturated carbocycles. The zero-order valence-electron chi connectivity index (χ0n) is 13.1. The Hall–Kier alpha value is -2.13. The minimum absolute atomic E-state index is 0.0747. The average Bonchev–Trinajstić information content (AvgIpc) is 2.98. The second-order valence-electron chi connectivity index (χ2n) is 5.80. The van der Waals surface area contributed by atoms with Gasteiger partial charge in [0, 0.05) is 19.7 Å². The number of hydrogen-bond donors (Lipinski definition) is 0. The molecule has 0 aromatic heterocycles. The summed E-state index contributed by atoms with van der Waals surface area (Å²) in [7, 11) is 3.57. The highest BCUT2D eigenvalue weighted by atomic mass is 16.5. The van der Waals surface area contributed by atoms with Crippen LogP contribution < -0.4 is 0 Å². The Bertz CT molecular complexity index is 663. The highest BCUT2D eigenvalue weighted by Gasteiger charge is 2.28. The summed E-state index contributed by atoms with van der Waals surface area (Å²) < 4.78 is 5.10. The van der Waals surface area contributed by atoms with Crippen LogP contribution >= 0.6 is 0 Å². The monoisotopic (exact) mass is 295 g/mol. The van der Waals surface area contributed by atoms with E-state index in [1.165, 1.54) is 11.1 Å². The summed E-state index contributed by atoms with van der Waals surface area (Å²) in [4.78, 5) is 14.6. The van der Waals surface area contributed by atoms with E-state index in [4.69, 9.17) is 4.74 Å². The lowest BCUT2D eigenvalue weighted by Crippen LogP contribution is -2.30. The van der Waals surface area contributed by atoms with Crippen molar-refractivity contribution >= 4 is 5.91 Å². The standard InChI is InChI=1S/C19H21NO2/c1-20(18-12-11-15-5-3-4-6-17(15)18)19(21)16-9-7-14(8-10-16)13-22-2/h3-10,18H,11-13H2,1-2H3/t18-/m0/s1. The van der Waals surface area contributed by atoms with Gasteiger partial charge in [0.25, 0.3) is 5.91 Å². The topological polar surface area (TPSA) is 29.5 Å². The van der Waals surface area contributed by atoms with Gasteiger partial charge in [-0.2, -0.15) is 0 Å². The molecule has 0 aliphatic heterocycles. The second-order valence-corrected chi connectivity index (χ2v) is 5.80. The summed E-state index contributed by atoms with van der Waals surface area (Å²) in [5.74, 6) is 0.0747. The van der Waals surface area contributed by atoms with Crippen LogP contribution in [0.2, 0.25) is 0 Å². The van der Waals surface area contributed by atoms with E-state index in [9.17, 15) is 4.79 Å². The summed E-state index contributed by atoms with van der Waals surface area (Å²) in [6, 6.07) is 16.3. The van der Waals surface area contributed by atoms with E-state index >= 15 is 0 Å².